The van der Waals surface area contributed by atoms with Gasteiger partial charge in [0.15, 0.2) is 0 Å². The Balaban J connectivity index is 2.74. The first-order chi connectivity index (χ1) is 6.24. The Labute approximate surface area is 85.8 Å². The van der Waals surface area contributed by atoms with Crippen LogP contribution >= 0.6 is 15.9 Å². The topological polar surface area (TPSA) is 29.1 Å². The number of carbonyl (C=O) groups excluding carboxylic acids is 1. The average Bonchev–Trinajstić information content (AvgIpc) is 2.09. The largest absolute Gasteiger partial charge is 0.321 e. The van der Waals surface area contributed by atoms with Gasteiger partial charge in [-0.1, -0.05) is 18.2 Å². The second-order valence-corrected chi connectivity index (χ2v) is 3.32. The van der Waals surface area contributed by atoms with Crippen molar-refractivity contribution in [3.05, 3.63) is 40.9 Å². The second-order valence-electron chi connectivity index (χ2n) is 2.47. The maximum Gasteiger partial charge on any atom is 0.248 e. The quantitative estimate of drug-likeness (QED) is 0.791. The zero-order chi connectivity index (χ0) is 9.68. The van der Waals surface area contributed by atoms with E-state index in [1.54, 1.807) is 13.0 Å². The van der Waals surface area contributed by atoms with E-state index in [9.17, 15) is 4.79 Å². The minimum atomic E-state index is -0.116. The molecule has 2 nitrogen and oxygen atoms in total. The van der Waals surface area contributed by atoms with Gasteiger partial charge >= 0.3 is 0 Å². The van der Waals surface area contributed by atoms with E-state index in [4.69, 9.17) is 0 Å². The van der Waals surface area contributed by atoms with Crippen molar-refractivity contribution in [1.29, 1.82) is 0 Å². The molecule has 0 aliphatic heterocycles. The molecule has 0 saturated carbocycles. The molecule has 0 spiro atoms. The molecule has 0 radical (unpaired) electrons. The molecule has 0 atom stereocenters. The van der Waals surface area contributed by atoms with E-state index in [2.05, 4.69) is 21.2 Å². The molecule has 0 aliphatic rings. The number of anilines is 1. The third-order valence-electron chi connectivity index (χ3n) is 1.45. The molecule has 1 aromatic carbocycles. The van der Waals surface area contributed by atoms with Crippen LogP contribution < -0.4 is 5.32 Å². The van der Waals surface area contributed by atoms with Crippen molar-refractivity contribution >= 4 is 27.5 Å². The number of nitrogens with one attached hydrogen (secondary N) is 1. The van der Waals surface area contributed by atoms with Crippen molar-refractivity contribution in [3.8, 4) is 0 Å². The Kier molecular flexibility index (Phi) is 3.71. The Morgan fingerprint density at radius 2 is 2.15 bits per heavy atom. The fourth-order valence-corrected chi connectivity index (χ4v) is 1.27. The Bertz CT molecular complexity index is 333. The van der Waals surface area contributed by atoms with Gasteiger partial charge in [-0.15, -0.1) is 0 Å². The number of para-hydroxylation sites is 1. The Morgan fingerprint density at radius 3 is 2.77 bits per heavy atom. The lowest BCUT2D eigenvalue weighted by molar-refractivity contribution is -0.111. The van der Waals surface area contributed by atoms with Crippen LogP contribution in [-0.2, 0) is 4.79 Å². The van der Waals surface area contributed by atoms with Crippen LogP contribution in [0.15, 0.2) is 40.9 Å². The van der Waals surface area contributed by atoms with Crippen molar-refractivity contribution < 1.29 is 4.79 Å². The van der Waals surface area contributed by atoms with Gasteiger partial charge < -0.3 is 5.32 Å². The number of allylic oxidation sites excluding steroid dienone is 1. The molecule has 68 valence electrons. The van der Waals surface area contributed by atoms with E-state index in [1.165, 1.54) is 6.08 Å². The van der Waals surface area contributed by atoms with E-state index >= 15 is 0 Å². The number of rotatable bonds is 2. The summed E-state index contributed by atoms with van der Waals surface area (Å²) < 4.78 is 0.882. The SMILES string of the molecule is CC=CC(=O)Nc1ccccc1Br. The van der Waals surface area contributed by atoms with Gasteiger partial charge in [0.05, 0.1) is 5.69 Å². The van der Waals surface area contributed by atoms with Gasteiger partial charge in [-0.05, 0) is 41.1 Å². The summed E-state index contributed by atoms with van der Waals surface area (Å²) in [7, 11) is 0. The van der Waals surface area contributed by atoms with Gasteiger partial charge in [0.1, 0.15) is 0 Å². The third kappa shape index (κ3) is 3.03. The molecule has 1 aromatic rings. The van der Waals surface area contributed by atoms with Gasteiger partial charge in [-0.3, -0.25) is 4.79 Å². The van der Waals surface area contributed by atoms with Crippen LogP contribution in [0.5, 0.6) is 0 Å². The predicted octanol–water partition coefficient (Wildman–Crippen LogP) is 2.96. The standard InChI is InChI=1S/C10H10BrNO/c1-2-5-10(13)12-9-7-4-3-6-8(9)11/h2-7H,1H3,(H,12,13). The highest BCUT2D eigenvalue weighted by atomic mass is 79.9. The number of halogens is 1. The van der Waals surface area contributed by atoms with Gasteiger partial charge in [-0.25, -0.2) is 0 Å². The lowest BCUT2D eigenvalue weighted by Crippen LogP contribution is -2.07. The number of benzene rings is 1. The van der Waals surface area contributed by atoms with Crippen molar-refractivity contribution in [2.45, 2.75) is 6.92 Å². The average molecular weight is 240 g/mol. The normalized spacial score (nSPS) is 10.3. The molecular weight excluding hydrogens is 230 g/mol. The predicted molar refractivity (Wildman–Crippen MR) is 57.6 cm³/mol. The fourth-order valence-electron chi connectivity index (χ4n) is 0.888. The summed E-state index contributed by atoms with van der Waals surface area (Å²) in [6.45, 7) is 1.81. The highest BCUT2D eigenvalue weighted by Gasteiger charge is 1.99. The first-order valence-corrected chi connectivity index (χ1v) is 4.71. The summed E-state index contributed by atoms with van der Waals surface area (Å²) in [5, 5.41) is 2.74. The fraction of sp³-hybridized carbons (Fsp3) is 0.100. The van der Waals surface area contributed by atoms with Crippen molar-refractivity contribution in [3.63, 3.8) is 0 Å². The van der Waals surface area contributed by atoms with Crippen molar-refractivity contribution in [1.82, 2.24) is 0 Å². The lowest BCUT2D eigenvalue weighted by atomic mass is 10.3. The Morgan fingerprint density at radius 1 is 1.46 bits per heavy atom. The van der Waals surface area contributed by atoms with Gasteiger partial charge in [0.25, 0.3) is 0 Å². The van der Waals surface area contributed by atoms with Crippen LogP contribution in [0.1, 0.15) is 6.92 Å². The van der Waals surface area contributed by atoms with E-state index in [0.29, 0.717) is 0 Å². The third-order valence-corrected chi connectivity index (χ3v) is 2.14. The van der Waals surface area contributed by atoms with E-state index in [1.807, 2.05) is 24.3 Å². The molecule has 0 saturated heterocycles. The van der Waals surface area contributed by atoms with Crippen LogP contribution in [-0.4, -0.2) is 5.91 Å². The van der Waals surface area contributed by atoms with Gasteiger partial charge in [0.2, 0.25) is 5.91 Å². The molecule has 1 amide bonds. The smallest absolute Gasteiger partial charge is 0.248 e. The molecule has 0 aromatic heterocycles. The van der Waals surface area contributed by atoms with Crippen LogP contribution in [0.3, 0.4) is 0 Å². The summed E-state index contributed by atoms with van der Waals surface area (Å²) in [6.07, 6.45) is 3.19. The molecule has 13 heavy (non-hydrogen) atoms. The van der Waals surface area contributed by atoms with Crippen molar-refractivity contribution in [2.75, 3.05) is 5.32 Å². The van der Waals surface area contributed by atoms with Crippen LogP contribution in [0.2, 0.25) is 0 Å². The summed E-state index contributed by atoms with van der Waals surface area (Å²) in [6, 6.07) is 7.49. The molecule has 0 unspecified atom stereocenters. The first kappa shape index (κ1) is 9.99. The zero-order valence-corrected chi connectivity index (χ0v) is 8.84. The summed E-state index contributed by atoms with van der Waals surface area (Å²) >= 11 is 3.34. The Hall–Kier alpha value is -1.09. The number of hydrogen-bond donors (Lipinski definition) is 1. The number of hydrogen-bond acceptors (Lipinski definition) is 1. The summed E-state index contributed by atoms with van der Waals surface area (Å²) in [4.78, 5) is 11.1. The number of carbonyl (C=O) groups is 1. The van der Waals surface area contributed by atoms with E-state index in [0.717, 1.165) is 10.2 Å². The second kappa shape index (κ2) is 4.82. The van der Waals surface area contributed by atoms with Gasteiger partial charge in [-0.2, -0.15) is 0 Å². The zero-order valence-electron chi connectivity index (χ0n) is 7.25. The molecule has 1 rings (SSSR count). The highest BCUT2D eigenvalue weighted by Crippen LogP contribution is 2.20. The molecule has 3 heteroatoms. The van der Waals surface area contributed by atoms with E-state index < -0.39 is 0 Å². The van der Waals surface area contributed by atoms with Crippen LogP contribution in [0, 0.1) is 0 Å². The minimum absolute atomic E-state index is 0.116. The monoisotopic (exact) mass is 239 g/mol. The minimum Gasteiger partial charge on any atom is -0.321 e. The van der Waals surface area contributed by atoms with Gasteiger partial charge in [0, 0.05) is 4.47 Å². The van der Waals surface area contributed by atoms with Crippen molar-refractivity contribution in [2.24, 2.45) is 0 Å². The highest BCUT2D eigenvalue weighted by molar-refractivity contribution is 9.10. The van der Waals surface area contributed by atoms with E-state index in [-0.39, 0.29) is 5.91 Å². The molecule has 0 fully saturated rings. The lowest BCUT2D eigenvalue weighted by Gasteiger charge is -2.03. The molecule has 1 N–H and O–H groups in total. The first-order valence-electron chi connectivity index (χ1n) is 3.92. The van der Waals surface area contributed by atoms with Crippen LogP contribution in [0.4, 0.5) is 5.69 Å². The maximum absolute atomic E-state index is 11.1. The number of amides is 1. The molecule has 0 bridgehead atoms. The molecule has 0 heterocycles. The maximum atomic E-state index is 11.1. The molecule has 0 aliphatic carbocycles. The van der Waals surface area contributed by atoms with Crippen LogP contribution in [0.25, 0.3) is 0 Å². The summed E-state index contributed by atoms with van der Waals surface area (Å²) in [5.74, 6) is -0.116. The molecular formula is C10H10BrNO. The summed E-state index contributed by atoms with van der Waals surface area (Å²) in [5.41, 5.74) is 0.783.